The van der Waals surface area contributed by atoms with Crippen LogP contribution < -0.4 is 20.3 Å². The third-order valence-electron chi connectivity index (χ3n) is 4.20. The van der Waals surface area contributed by atoms with Crippen LogP contribution in [-0.4, -0.2) is 38.7 Å². The summed E-state index contributed by atoms with van der Waals surface area (Å²) in [6, 6.07) is 10.8. The Hall–Kier alpha value is -2.58. The molecule has 0 bridgehead atoms. The Labute approximate surface area is 185 Å². The van der Waals surface area contributed by atoms with E-state index in [1.54, 1.807) is 25.3 Å². The van der Waals surface area contributed by atoms with Crippen molar-refractivity contribution in [3.05, 3.63) is 57.6 Å². The van der Waals surface area contributed by atoms with Gasteiger partial charge in [-0.3, -0.25) is 20.4 Å². The van der Waals surface area contributed by atoms with Gasteiger partial charge in [0.05, 0.1) is 11.1 Å². The van der Waals surface area contributed by atoms with E-state index in [9.17, 15) is 9.59 Å². The molecule has 0 radical (unpaired) electrons. The van der Waals surface area contributed by atoms with Crippen molar-refractivity contribution in [1.29, 1.82) is 0 Å². The van der Waals surface area contributed by atoms with Crippen LogP contribution >= 0.6 is 15.9 Å². The van der Waals surface area contributed by atoms with Gasteiger partial charge in [-0.25, -0.2) is 0 Å². The number of aryl methyl sites for hydroxylation is 1. The summed E-state index contributed by atoms with van der Waals surface area (Å²) in [6.07, 6.45) is 0. The highest BCUT2D eigenvalue weighted by Gasteiger charge is 2.13. The number of rotatable bonds is 9. The molecule has 0 aliphatic heterocycles. The third-order valence-corrected chi connectivity index (χ3v) is 4.82. The second kappa shape index (κ2) is 11.6. The number of carbonyl (C=O) groups is 2. The Kier molecular flexibility index (Phi) is 9.14. The second-order valence-electron chi connectivity index (χ2n) is 6.97. The molecule has 30 heavy (non-hydrogen) atoms. The predicted molar refractivity (Wildman–Crippen MR) is 118 cm³/mol. The number of hydrogen-bond acceptors (Lipinski definition) is 5. The zero-order valence-corrected chi connectivity index (χ0v) is 19.2. The smallest absolute Gasteiger partial charge is 0.276 e. The molecule has 2 aromatic rings. The van der Waals surface area contributed by atoms with Gasteiger partial charge in [-0.2, -0.15) is 0 Å². The topological polar surface area (TPSA) is 85.9 Å². The Balaban J connectivity index is 1.87. The summed E-state index contributed by atoms with van der Waals surface area (Å²) in [7, 11) is 1.59. The van der Waals surface area contributed by atoms with Crippen LogP contribution in [0.25, 0.3) is 0 Å². The maximum atomic E-state index is 12.3. The molecule has 7 nitrogen and oxygen atoms in total. The Morgan fingerprint density at radius 3 is 2.43 bits per heavy atom. The van der Waals surface area contributed by atoms with Gasteiger partial charge in [0.1, 0.15) is 18.1 Å². The SMILES string of the molecule is COCCOc1ccc(C(=O)NNC(=O)COc2cc(C)ccc2C(C)C)cc1Br. The van der Waals surface area contributed by atoms with E-state index in [2.05, 4.69) is 40.6 Å². The third kappa shape index (κ3) is 7.03. The van der Waals surface area contributed by atoms with Crippen molar-refractivity contribution in [2.24, 2.45) is 0 Å². The highest BCUT2D eigenvalue weighted by molar-refractivity contribution is 9.10. The fourth-order valence-electron chi connectivity index (χ4n) is 2.62. The Morgan fingerprint density at radius 1 is 1.00 bits per heavy atom. The van der Waals surface area contributed by atoms with Crippen LogP contribution in [0.3, 0.4) is 0 Å². The average Bonchev–Trinajstić information content (AvgIpc) is 2.71. The summed E-state index contributed by atoms with van der Waals surface area (Å²) in [5.74, 6) is 0.618. The number of benzene rings is 2. The van der Waals surface area contributed by atoms with E-state index in [-0.39, 0.29) is 12.5 Å². The molecule has 0 aromatic heterocycles. The maximum Gasteiger partial charge on any atom is 0.276 e. The van der Waals surface area contributed by atoms with Crippen molar-refractivity contribution < 1.29 is 23.8 Å². The highest BCUT2D eigenvalue weighted by Crippen LogP contribution is 2.27. The summed E-state index contributed by atoms with van der Waals surface area (Å²) in [6.45, 7) is 6.73. The molecule has 8 heteroatoms. The quantitative estimate of drug-likeness (QED) is 0.423. The summed E-state index contributed by atoms with van der Waals surface area (Å²) in [5.41, 5.74) is 7.18. The molecule has 2 N–H and O–H groups in total. The predicted octanol–water partition coefficient (Wildman–Crippen LogP) is 3.75. The van der Waals surface area contributed by atoms with Gasteiger partial charge in [0.2, 0.25) is 0 Å². The molecule has 0 fully saturated rings. The van der Waals surface area contributed by atoms with Crippen LogP contribution in [0, 0.1) is 6.92 Å². The molecular formula is C22H27BrN2O5. The zero-order chi connectivity index (χ0) is 22.1. The molecule has 2 amide bonds. The average molecular weight is 479 g/mol. The van der Waals surface area contributed by atoms with E-state index in [0.717, 1.165) is 11.1 Å². The van der Waals surface area contributed by atoms with Gasteiger partial charge in [0.25, 0.3) is 11.8 Å². The summed E-state index contributed by atoms with van der Waals surface area (Å²) in [4.78, 5) is 24.4. The summed E-state index contributed by atoms with van der Waals surface area (Å²) >= 11 is 3.37. The van der Waals surface area contributed by atoms with Crippen LogP contribution in [-0.2, 0) is 9.53 Å². The Morgan fingerprint density at radius 2 is 1.77 bits per heavy atom. The monoisotopic (exact) mass is 478 g/mol. The molecule has 0 saturated heterocycles. The van der Waals surface area contributed by atoms with E-state index < -0.39 is 11.8 Å². The first-order valence-electron chi connectivity index (χ1n) is 9.55. The second-order valence-corrected chi connectivity index (χ2v) is 7.83. The molecule has 0 aliphatic carbocycles. The normalized spacial score (nSPS) is 10.6. The van der Waals surface area contributed by atoms with Gasteiger partial charge in [-0.15, -0.1) is 0 Å². The van der Waals surface area contributed by atoms with E-state index >= 15 is 0 Å². The van der Waals surface area contributed by atoms with Crippen molar-refractivity contribution in [2.45, 2.75) is 26.7 Å². The van der Waals surface area contributed by atoms with Gasteiger partial charge in [0.15, 0.2) is 6.61 Å². The molecule has 162 valence electrons. The largest absolute Gasteiger partial charge is 0.490 e. The zero-order valence-electron chi connectivity index (χ0n) is 17.6. The van der Waals surface area contributed by atoms with Crippen molar-refractivity contribution in [3.63, 3.8) is 0 Å². The van der Waals surface area contributed by atoms with Crippen LogP contribution in [0.4, 0.5) is 0 Å². The molecule has 0 aliphatic rings. The fourth-order valence-corrected chi connectivity index (χ4v) is 3.11. The van der Waals surface area contributed by atoms with Gasteiger partial charge in [0, 0.05) is 12.7 Å². The Bertz CT molecular complexity index is 886. The van der Waals surface area contributed by atoms with Crippen molar-refractivity contribution >= 4 is 27.7 Å². The molecule has 0 heterocycles. The van der Waals surface area contributed by atoms with Crippen LogP contribution in [0.5, 0.6) is 11.5 Å². The van der Waals surface area contributed by atoms with E-state index in [1.807, 2.05) is 25.1 Å². The molecule has 0 unspecified atom stereocenters. The number of methoxy groups -OCH3 is 1. The van der Waals surface area contributed by atoms with Crippen LogP contribution in [0.2, 0.25) is 0 Å². The lowest BCUT2D eigenvalue weighted by molar-refractivity contribution is -0.123. The number of ether oxygens (including phenoxy) is 3. The molecule has 0 saturated carbocycles. The summed E-state index contributed by atoms with van der Waals surface area (Å²) < 4.78 is 16.8. The lowest BCUT2D eigenvalue weighted by Gasteiger charge is -2.15. The summed E-state index contributed by atoms with van der Waals surface area (Å²) in [5, 5.41) is 0. The first-order chi connectivity index (χ1) is 14.3. The number of halogens is 1. The van der Waals surface area contributed by atoms with Crippen LogP contribution in [0.1, 0.15) is 41.3 Å². The van der Waals surface area contributed by atoms with Crippen molar-refractivity contribution in [1.82, 2.24) is 10.9 Å². The van der Waals surface area contributed by atoms with Gasteiger partial charge < -0.3 is 14.2 Å². The first kappa shape index (κ1) is 23.7. The van der Waals surface area contributed by atoms with Crippen LogP contribution in [0.15, 0.2) is 40.9 Å². The molecule has 0 spiro atoms. The minimum Gasteiger partial charge on any atom is -0.490 e. The molecule has 0 atom stereocenters. The molecular weight excluding hydrogens is 452 g/mol. The van der Waals surface area contributed by atoms with E-state index in [4.69, 9.17) is 14.2 Å². The van der Waals surface area contributed by atoms with Crippen molar-refractivity contribution in [2.75, 3.05) is 26.9 Å². The molecule has 2 aromatic carbocycles. The number of amides is 2. The van der Waals surface area contributed by atoms with Gasteiger partial charge in [-0.1, -0.05) is 26.0 Å². The van der Waals surface area contributed by atoms with E-state index in [0.29, 0.717) is 34.7 Å². The lowest BCUT2D eigenvalue weighted by atomic mass is 10.0. The van der Waals surface area contributed by atoms with Crippen molar-refractivity contribution in [3.8, 4) is 11.5 Å². The number of nitrogens with one attached hydrogen (secondary N) is 2. The standard InChI is InChI=1S/C22H27BrN2O5/c1-14(2)17-7-5-15(3)11-20(17)30-13-21(26)24-25-22(27)16-6-8-19(18(23)12-16)29-10-9-28-4/h5-8,11-12,14H,9-10,13H2,1-4H3,(H,24,26)(H,25,27). The molecule has 2 rings (SSSR count). The lowest BCUT2D eigenvalue weighted by Crippen LogP contribution is -2.43. The van der Waals surface area contributed by atoms with Gasteiger partial charge >= 0.3 is 0 Å². The number of carbonyl (C=O) groups excluding carboxylic acids is 2. The number of hydrazine groups is 1. The fraction of sp³-hybridized carbons (Fsp3) is 0.364. The van der Waals surface area contributed by atoms with E-state index in [1.165, 1.54) is 0 Å². The minimum atomic E-state index is -0.460. The minimum absolute atomic E-state index is 0.209. The maximum absolute atomic E-state index is 12.3. The highest BCUT2D eigenvalue weighted by atomic mass is 79.9. The first-order valence-corrected chi connectivity index (χ1v) is 10.3. The van der Waals surface area contributed by atoms with Gasteiger partial charge in [-0.05, 0) is 64.2 Å². The number of hydrogen-bond donors (Lipinski definition) is 2.